The van der Waals surface area contributed by atoms with Crippen LogP contribution in [0.3, 0.4) is 0 Å². The summed E-state index contributed by atoms with van der Waals surface area (Å²) in [5.41, 5.74) is 12.3. The second-order valence-electron chi connectivity index (χ2n) is 10.3. The highest BCUT2D eigenvalue weighted by atomic mass is 16.5. The van der Waals surface area contributed by atoms with Crippen molar-refractivity contribution in [3.8, 4) is 17.6 Å². The van der Waals surface area contributed by atoms with Gasteiger partial charge >= 0.3 is 0 Å². The highest BCUT2D eigenvalue weighted by Gasteiger charge is 2.40. The van der Waals surface area contributed by atoms with E-state index in [1.54, 1.807) is 30.5 Å². The van der Waals surface area contributed by atoms with Crippen LogP contribution in [0.2, 0.25) is 0 Å². The van der Waals surface area contributed by atoms with Gasteiger partial charge in [-0.3, -0.25) is 5.41 Å². The monoisotopic (exact) mass is 510 g/mol. The van der Waals surface area contributed by atoms with Gasteiger partial charge in [-0.2, -0.15) is 15.5 Å². The highest BCUT2D eigenvalue weighted by Crippen LogP contribution is 2.42. The van der Waals surface area contributed by atoms with E-state index < -0.39 is 0 Å². The Morgan fingerprint density at radius 3 is 2.71 bits per heavy atom. The number of hydrogen-bond acceptors (Lipinski definition) is 8. The Balaban J connectivity index is 1.38. The maximum absolute atomic E-state index is 10.00. The Kier molecular flexibility index (Phi) is 7.04. The highest BCUT2D eigenvalue weighted by molar-refractivity contribution is 6.14. The summed E-state index contributed by atoms with van der Waals surface area (Å²) in [5.74, 6) is 1.29. The molecule has 0 bridgehead atoms. The quantitative estimate of drug-likeness (QED) is 0.363. The SMILES string of the molecule is CCN1CCC2(CCc3cc(C(=N)c4cc(OCc5c(C)cnnc5C)ccc4N)cc(C#N)c3O2)CC1. The van der Waals surface area contributed by atoms with Gasteiger partial charge in [0.05, 0.1) is 23.2 Å². The first-order chi connectivity index (χ1) is 18.3. The molecular weight excluding hydrogens is 476 g/mol. The van der Waals surface area contributed by atoms with Gasteiger partial charge in [-0.05, 0) is 87.5 Å². The van der Waals surface area contributed by atoms with E-state index in [2.05, 4.69) is 28.1 Å². The van der Waals surface area contributed by atoms with Crippen LogP contribution >= 0.6 is 0 Å². The third-order valence-electron chi connectivity index (χ3n) is 8.01. The summed E-state index contributed by atoms with van der Waals surface area (Å²) in [5, 5.41) is 27.1. The van der Waals surface area contributed by atoms with E-state index in [-0.39, 0.29) is 11.3 Å². The molecule has 2 aliphatic heterocycles. The van der Waals surface area contributed by atoms with Crippen LogP contribution in [0.1, 0.15) is 65.3 Å². The molecule has 0 aliphatic carbocycles. The molecule has 3 heterocycles. The van der Waals surface area contributed by atoms with Crippen molar-refractivity contribution in [2.75, 3.05) is 25.4 Å². The first-order valence-electron chi connectivity index (χ1n) is 13.2. The molecule has 2 aliphatic rings. The van der Waals surface area contributed by atoms with Gasteiger partial charge in [0.15, 0.2) is 0 Å². The van der Waals surface area contributed by atoms with E-state index in [0.29, 0.717) is 40.5 Å². The number of nitrogen functional groups attached to an aromatic ring is 1. The van der Waals surface area contributed by atoms with E-state index in [0.717, 1.165) is 67.7 Å². The number of piperidine rings is 1. The molecule has 0 unspecified atom stereocenters. The Hall–Kier alpha value is -3.96. The molecule has 0 atom stereocenters. The molecule has 0 amide bonds. The lowest BCUT2D eigenvalue weighted by Gasteiger charge is -2.44. The fraction of sp³-hybridized carbons (Fsp3) is 0.400. The van der Waals surface area contributed by atoms with Crippen molar-refractivity contribution in [3.63, 3.8) is 0 Å². The van der Waals surface area contributed by atoms with Gasteiger partial charge in [0, 0.05) is 35.5 Å². The van der Waals surface area contributed by atoms with Crippen molar-refractivity contribution in [2.45, 2.75) is 58.7 Å². The number of nitriles is 1. The summed E-state index contributed by atoms with van der Waals surface area (Å²) >= 11 is 0. The number of benzene rings is 2. The van der Waals surface area contributed by atoms with Crippen molar-refractivity contribution in [2.24, 2.45) is 0 Å². The summed E-state index contributed by atoms with van der Waals surface area (Å²) in [7, 11) is 0. The second-order valence-corrected chi connectivity index (χ2v) is 10.3. The van der Waals surface area contributed by atoms with E-state index in [4.69, 9.17) is 20.6 Å². The van der Waals surface area contributed by atoms with Crippen molar-refractivity contribution in [1.29, 1.82) is 10.7 Å². The molecule has 1 fully saturated rings. The average molecular weight is 511 g/mol. The van der Waals surface area contributed by atoms with Gasteiger partial charge in [-0.1, -0.05) is 6.92 Å². The molecule has 0 radical (unpaired) electrons. The van der Waals surface area contributed by atoms with Crippen LogP contribution < -0.4 is 15.2 Å². The molecule has 1 spiro atoms. The molecule has 1 saturated heterocycles. The number of likely N-dealkylation sites (tertiary alicyclic amines) is 1. The molecule has 2 aromatic carbocycles. The lowest BCUT2D eigenvalue weighted by Crippen LogP contribution is -2.49. The molecule has 3 N–H and O–H groups in total. The van der Waals surface area contributed by atoms with E-state index >= 15 is 0 Å². The Labute approximate surface area is 223 Å². The number of nitrogens with two attached hydrogens (primary N) is 1. The minimum Gasteiger partial charge on any atom is -0.489 e. The van der Waals surface area contributed by atoms with Crippen LogP contribution in [0.4, 0.5) is 5.69 Å². The minimum atomic E-state index is -0.198. The fourth-order valence-electron chi connectivity index (χ4n) is 5.48. The molecule has 8 heteroatoms. The van der Waals surface area contributed by atoms with E-state index in [1.807, 2.05) is 19.9 Å². The predicted molar refractivity (Wildman–Crippen MR) is 147 cm³/mol. The van der Waals surface area contributed by atoms with Crippen molar-refractivity contribution < 1.29 is 9.47 Å². The first-order valence-corrected chi connectivity index (χ1v) is 13.2. The zero-order valence-electron chi connectivity index (χ0n) is 22.3. The lowest BCUT2D eigenvalue weighted by atomic mass is 9.82. The fourth-order valence-corrected chi connectivity index (χ4v) is 5.48. The maximum atomic E-state index is 10.00. The third kappa shape index (κ3) is 4.94. The summed E-state index contributed by atoms with van der Waals surface area (Å²) < 4.78 is 12.6. The van der Waals surface area contributed by atoms with Gasteiger partial charge in [0.2, 0.25) is 0 Å². The number of nitrogens with one attached hydrogen (secondary N) is 1. The van der Waals surface area contributed by atoms with Gasteiger partial charge in [-0.25, -0.2) is 0 Å². The van der Waals surface area contributed by atoms with Crippen molar-refractivity contribution >= 4 is 11.4 Å². The lowest BCUT2D eigenvalue weighted by molar-refractivity contribution is -0.0134. The molecule has 5 rings (SSSR count). The topological polar surface area (TPSA) is 121 Å². The number of ether oxygens (including phenoxy) is 2. The number of aromatic nitrogens is 2. The van der Waals surface area contributed by atoms with Crippen LogP contribution in [0.15, 0.2) is 36.5 Å². The standard InChI is InChI=1S/C30H34N6O2/c1-4-36-11-9-30(10-12-36)8-7-21-13-22(14-23(16-31)29(21)38-30)28(33)25-15-24(5-6-27(25)32)37-18-26-19(2)17-34-35-20(26)3/h5-6,13-15,17,33H,4,7-12,18,32H2,1-3H3. The number of aryl methyl sites for hydroxylation is 3. The molecule has 196 valence electrons. The van der Waals surface area contributed by atoms with Crippen LogP contribution in [-0.4, -0.2) is 46.0 Å². The van der Waals surface area contributed by atoms with Gasteiger partial charge in [0.25, 0.3) is 0 Å². The Morgan fingerprint density at radius 1 is 1.21 bits per heavy atom. The molecule has 38 heavy (non-hydrogen) atoms. The summed E-state index contributed by atoms with van der Waals surface area (Å²) in [4.78, 5) is 2.44. The molecule has 3 aromatic rings. The van der Waals surface area contributed by atoms with Crippen molar-refractivity contribution in [1.82, 2.24) is 15.1 Å². The van der Waals surface area contributed by atoms with Gasteiger partial charge in [0.1, 0.15) is 29.8 Å². The number of fused-ring (bicyclic) bond motifs is 1. The normalized spacial score (nSPS) is 16.4. The Bertz CT molecular complexity index is 1400. The Morgan fingerprint density at radius 2 is 2.00 bits per heavy atom. The minimum absolute atomic E-state index is 0.198. The number of hydrogen-bond donors (Lipinski definition) is 2. The second kappa shape index (κ2) is 10.4. The molecule has 0 saturated carbocycles. The van der Waals surface area contributed by atoms with E-state index in [9.17, 15) is 5.26 Å². The smallest absolute Gasteiger partial charge is 0.141 e. The predicted octanol–water partition coefficient (Wildman–Crippen LogP) is 4.72. The van der Waals surface area contributed by atoms with Crippen LogP contribution in [0.25, 0.3) is 0 Å². The van der Waals surface area contributed by atoms with Crippen LogP contribution in [0.5, 0.6) is 11.5 Å². The number of rotatable bonds is 6. The van der Waals surface area contributed by atoms with Crippen molar-refractivity contribution in [3.05, 3.63) is 75.6 Å². The summed E-state index contributed by atoms with van der Waals surface area (Å²) in [6, 6.07) is 11.4. The first kappa shape index (κ1) is 25.7. The summed E-state index contributed by atoms with van der Waals surface area (Å²) in [6.45, 7) is 9.51. The average Bonchev–Trinajstić information content (AvgIpc) is 2.93. The molecule has 8 nitrogen and oxygen atoms in total. The largest absolute Gasteiger partial charge is 0.489 e. The third-order valence-corrected chi connectivity index (χ3v) is 8.01. The molecule has 1 aromatic heterocycles. The van der Waals surface area contributed by atoms with Crippen LogP contribution in [0, 0.1) is 30.6 Å². The van der Waals surface area contributed by atoms with E-state index in [1.165, 1.54) is 0 Å². The number of anilines is 1. The van der Waals surface area contributed by atoms with Gasteiger partial charge in [-0.15, -0.1) is 0 Å². The summed E-state index contributed by atoms with van der Waals surface area (Å²) in [6.07, 6.45) is 5.42. The maximum Gasteiger partial charge on any atom is 0.141 e. The van der Waals surface area contributed by atoms with Crippen LogP contribution in [-0.2, 0) is 13.0 Å². The van der Waals surface area contributed by atoms with Gasteiger partial charge < -0.3 is 20.1 Å². The molecular formula is C30H34N6O2. The number of nitrogens with zero attached hydrogens (tertiary/aromatic N) is 4. The zero-order chi connectivity index (χ0) is 26.9. The zero-order valence-corrected chi connectivity index (χ0v) is 22.3.